The molecule has 0 amide bonds. The van der Waals surface area contributed by atoms with Crippen LogP contribution < -0.4 is 5.32 Å². The summed E-state index contributed by atoms with van der Waals surface area (Å²) in [5, 5.41) is 3.39. The number of rotatable bonds is 6. The van der Waals surface area contributed by atoms with Gasteiger partial charge >= 0.3 is 0 Å². The second-order valence-corrected chi connectivity index (χ2v) is 4.29. The Labute approximate surface area is 96.5 Å². The van der Waals surface area contributed by atoms with E-state index >= 15 is 0 Å². The predicted molar refractivity (Wildman–Crippen MR) is 64.2 cm³/mol. The van der Waals surface area contributed by atoms with E-state index in [0.29, 0.717) is 0 Å². The lowest BCUT2D eigenvalue weighted by molar-refractivity contribution is -0.0687. The molecule has 1 aliphatic rings. The summed E-state index contributed by atoms with van der Waals surface area (Å²) in [4.78, 5) is 0. The van der Waals surface area contributed by atoms with E-state index < -0.39 is 0 Å². The Hall–Kier alpha value is -1.06. The van der Waals surface area contributed by atoms with E-state index in [1.165, 1.54) is 19.3 Å². The first-order chi connectivity index (χ1) is 7.85. The molecule has 1 N–H and O–H groups in total. The Morgan fingerprint density at radius 3 is 3.00 bits per heavy atom. The lowest BCUT2D eigenvalue weighted by Gasteiger charge is -2.40. The molecule has 0 radical (unpaired) electrons. The average Bonchev–Trinajstić information content (AvgIpc) is 2.74. The number of nitrogens with one attached hydrogen (secondary N) is 1. The van der Waals surface area contributed by atoms with Crippen LogP contribution in [0.2, 0.25) is 0 Å². The molecule has 0 atom stereocenters. The van der Waals surface area contributed by atoms with Gasteiger partial charge in [-0.25, -0.2) is 0 Å². The molecular weight excluding hydrogens is 202 g/mol. The lowest BCUT2D eigenvalue weighted by Crippen LogP contribution is -2.47. The van der Waals surface area contributed by atoms with Gasteiger partial charge in [-0.15, -0.1) is 0 Å². The van der Waals surface area contributed by atoms with Gasteiger partial charge in [0.2, 0.25) is 0 Å². The molecule has 0 saturated heterocycles. The maximum Gasteiger partial charge on any atom is 0.126 e. The Morgan fingerprint density at radius 1 is 1.56 bits per heavy atom. The van der Waals surface area contributed by atoms with E-state index in [0.717, 1.165) is 18.8 Å². The minimum Gasteiger partial charge on any atom is -0.465 e. The van der Waals surface area contributed by atoms with Gasteiger partial charge in [0.25, 0.3) is 0 Å². The summed E-state index contributed by atoms with van der Waals surface area (Å²) in [6.07, 6.45) is 9.38. The Bertz CT molecular complexity index is 320. The molecule has 1 aromatic rings. The molecule has 1 aliphatic carbocycles. The monoisotopic (exact) mass is 221 g/mol. The van der Waals surface area contributed by atoms with Crippen molar-refractivity contribution in [1.29, 1.82) is 0 Å². The fourth-order valence-electron chi connectivity index (χ4n) is 1.97. The molecule has 1 heterocycles. The van der Waals surface area contributed by atoms with Crippen molar-refractivity contribution in [3.05, 3.63) is 30.2 Å². The highest BCUT2D eigenvalue weighted by Crippen LogP contribution is 2.34. The summed E-state index contributed by atoms with van der Waals surface area (Å²) in [6.45, 7) is 1.79. The van der Waals surface area contributed by atoms with E-state index in [2.05, 4.69) is 11.4 Å². The molecule has 3 nitrogen and oxygen atoms in total. The first kappa shape index (κ1) is 11.4. The molecule has 0 aromatic carbocycles. The molecule has 0 aliphatic heterocycles. The summed E-state index contributed by atoms with van der Waals surface area (Å²) in [5.41, 5.74) is 0.110. The fourth-order valence-corrected chi connectivity index (χ4v) is 1.97. The molecule has 16 heavy (non-hydrogen) atoms. The third-order valence-electron chi connectivity index (χ3n) is 3.23. The van der Waals surface area contributed by atoms with Crippen molar-refractivity contribution in [1.82, 2.24) is 5.32 Å². The van der Waals surface area contributed by atoms with Crippen molar-refractivity contribution in [2.75, 3.05) is 20.2 Å². The average molecular weight is 221 g/mol. The minimum atomic E-state index is 0.110. The molecule has 0 bridgehead atoms. The van der Waals surface area contributed by atoms with Gasteiger partial charge in [0.1, 0.15) is 5.76 Å². The zero-order valence-corrected chi connectivity index (χ0v) is 9.74. The third kappa shape index (κ3) is 2.74. The van der Waals surface area contributed by atoms with Crippen molar-refractivity contribution in [2.24, 2.45) is 0 Å². The molecule has 2 rings (SSSR count). The molecule has 1 aromatic heterocycles. The summed E-state index contributed by atoms with van der Waals surface area (Å²) in [5.74, 6) is 0.895. The maximum absolute atomic E-state index is 5.52. The van der Waals surface area contributed by atoms with Gasteiger partial charge in [0, 0.05) is 20.2 Å². The van der Waals surface area contributed by atoms with Crippen molar-refractivity contribution < 1.29 is 9.15 Å². The summed E-state index contributed by atoms with van der Waals surface area (Å²) < 4.78 is 10.7. The van der Waals surface area contributed by atoms with E-state index in [-0.39, 0.29) is 5.60 Å². The van der Waals surface area contributed by atoms with E-state index in [4.69, 9.17) is 9.15 Å². The van der Waals surface area contributed by atoms with Crippen molar-refractivity contribution in [3.8, 4) is 0 Å². The van der Waals surface area contributed by atoms with Crippen LogP contribution in [0.25, 0.3) is 6.08 Å². The molecule has 88 valence electrons. The van der Waals surface area contributed by atoms with Gasteiger partial charge in [-0.1, -0.05) is 6.08 Å². The van der Waals surface area contributed by atoms with Crippen LogP contribution in [0.15, 0.2) is 28.9 Å². The highest BCUT2D eigenvalue weighted by molar-refractivity contribution is 5.42. The van der Waals surface area contributed by atoms with E-state index in [1.54, 1.807) is 13.4 Å². The summed E-state index contributed by atoms with van der Waals surface area (Å²) >= 11 is 0. The Morgan fingerprint density at radius 2 is 2.44 bits per heavy atom. The number of methoxy groups -OCH3 is 1. The zero-order chi connectivity index (χ0) is 11.3. The van der Waals surface area contributed by atoms with Crippen molar-refractivity contribution >= 4 is 6.08 Å². The molecule has 0 spiro atoms. The first-order valence-electron chi connectivity index (χ1n) is 5.81. The largest absolute Gasteiger partial charge is 0.465 e. The highest BCUT2D eigenvalue weighted by atomic mass is 16.5. The first-order valence-corrected chi connectivity index (χ1v) is 5.81. The predicted octanol–water partition coefficient (Wildman–Crippen LogP) is 2.45. The van der Waals surface area contributed by atoms with Crippen LogP contribution >= 0.6 is 0 Å². The number of furan rings is 1. The van der Waals surface area contributed by atoms with Crippen LogP contribution in [-0.2, 0) is 4.74 Å². The molecular formula is C13H19NO2. The fraction of sp³-hybridized carbons (Fsp3) is 0.538. The van der Waals surface area contributed by atoms with Gasteiger partial charge in [-0.3, -0.25) is 0 Å². The molecule has 1 saturated carbocycles. The SMILES string of the molecule is COC1(CNC/C=C/c2ccco2)CCC1. The van der Waals surface area contributed by atoms with Gasteiger partial charge in [-0.2, -0.15) is 0 Å². The van der Waals surface area contributed by atoms with Gasteiger partial charge < -0.3 is 14.5 Å². The van der Waals surface area contributed by atoms with Crippen LogP contribution in [0, 0.1) is 0 Å². The minimum absolute atomic E-state index is 0.110. The Kier molecular flexibility index (Phi) is 3.80. The van der Waals surface area contributed by atoms with Gasteiger partial charge in [0.15, 0.2) is 0 Å². The maximum atomic E-state index is 5.52. The van der Waals surface area contributed by atoms with Crippen LogP contribution in [0.4, 0.5) is 0 Å². The lowest BCUT2D eigenvalue weighted by atomic mass is 9.80. The second kappa shape index (κ2) is 5.32. The topological polar surface area (TPSA) is 34.4 Å². The van der Waals surface area contributed by atoms with Crippen molar-refractivity contribution in [3.63, 3.8) is 0 Å². The number of ether oxygens (including phenoxy) is 1. The van der Waals surface area contributed by atoms with Crippen molar-refractivity contribution in [2.45, 2.75) is 24.9 Å². The van der Waals surface area contributed by atoms with E-state index in [9.17, 15) is 0 Å². The van der Waals surface area contributed by atoms with E-state index in [1.807, 2.05) is 18.2 Å². The molecule has 1 fully saturated rings. The quantitative estimate of drug-likeness (QED) is 0.749. The summed E-state index contributed by atoms with van der Waals surface area (Å²) in [6, 6.07) is 3.83. The Balaban J connectivity index is 1.65. The number of hydrogen-bond donors (Lipinski definition) is 1. The van der Waals surface area contributed by atoms with Crippen LogP contribution in [0.3, 0.4) is 0 Å². The normalized spacial score (nSPS) is 18.8. The van der Waals surface area contributed by atoms with Crippen LogP contribution in [-0.4, -0.2) is 25.8 Å². The van der Waals surface area contributed by atoms with Gasteiger partial charge in [0.05, 0.1) is 11.9 Å². The van der Waals surface area contributed by atoms with Crippen LogP contribution in [0.5, 0.6) is 0 Å². The van der Waals surface area contributed by atoms with Gasteiger partial charge in [-0.05, 0) is 37.5 Å². The second-order valence-electron chi connectivity index (χ2n) is 4.29. The number of hydrogen-bond acceptors (Lipinski definition) is 3. The van der Waals surface area contributed by atoms with Crippen LogP contribution in [0.1, 0.15) is 25.0 Å². The smallest absolute Gasteiger partial charge is 0.126 e. The summed E-state index contributed by atoms with van der Waals surface area (Å²) in [7, 11) is 1.81. The zero-order valence-electron chi connectivity index (χ0n) is 9.74. The molecule has 3 heteroatoms. The molecule has 0 unspecified atom stereocenters. The third-order valence-corrected chi connectivity index (χ3v) is 3.23. The highest BCUT2D eigenvalue weighted by Gasteiger charge is 2.36. The standard InChI is InChI=1S/C13H19NO2/c1-15-13(7-4-8-13)11-14-9-2-5-12-6-3-10-16-12/h2-3,5-6,10,14H,4,7-9,11H2,1H3/b5-2+.